The number of carbonyl (C=O) groups is 4. The van der Waals surface area contributed by atoms with E-state index in [2.05, 4.69) is 15.6 Å². The highest BCUT2D eigenvalue weighted by molar-refractivity contribution is 7.91. The van der Waals surface area contributed by atoms with Crippen molar-refractivity contribution in [1.29, 1.82) is 0 Å². The van der Waals surface area contributed by atoms with E-state index in [0.29, 0.717) is 30.0 Å². The number of nitrogens with one attached hydrogen (secondary N) is 3. The third kappa shape index (κ3) is 7.23. The van der Waals surface area contributed by atoms with Crippen molar-refractivity contribution >= 4 is 44.6 Å². The SMILES string of the molecule is COc1cc2cc(F)ccc2c(O[C@@H]2C[C@H]3C(=O)N[C@]4(C(=O)NS(=O)(=O)C5(CF)CC5)C[C@H]4C=CCC[C@H](C)C[C@@H](C)[C@H](NC(=O)O)C(=O)N3C2)n1. The summed E-state index contributed by atoms with van der Waals surface area (Å²) >= 11 is 0. The highest BCUT2D eigenvalue weighted by Gasteiger charge is 2.64. The Balaban J connectivity index is 1.35. The second-order valence-electron chi connectivity index (χ2n) is 14.6. The topological polar surface area (TPSA) is 193 Å². The predicted octanol–water partition coefficient (Wildman–Crippen LogP) is 3.20. The summed E-state index contributed by atoms with van der Waals surface area (Å²) in [6.07, 6.45) is 3.10. The number of halogens is 2. The lowest BCUT2D eigenvalue weighted by atomic mass is 9.88. The molecule has 0 spiro atoms. The first-order chi connectivity index (χ1) is 24.6. The van der Waals surface area contributed by atoms with E-state index in [0.717, 1.165) is 0 Å². The summed E-state index contributed by atoms with van der Waals surface area (Å²) in [4.78, 5) is 59.9. The summed E-state index contributed by atoms with van der Waals surface area (Å²) in [7, 11) is -3.03. The maximum Gasteiger partial charge on any atom is 0.405 e. The smallest absolute Gasteiger partial charge is 0.405 e. The molecule has 3 fully saturated rings. The van der Waals surface area contributed by atoms with Crippen molar-refractivity contribution in [1.82, 2.24) is 25.2 Å². The van der Waals surface area contributed by atoms with Crippen LogP contribution in [0.4, 0.5) is 13.6 Å². The van der Waals surface area contributed by atoms with Crippen molar-refractivity contribution in [3.05, 3.63) is 42.2 Å². The first kappa shape index (κ1) is 37.2. The van der Waals surface area contributed by atoms with Crippen molar-refractivity contribution in [2.75, 3.05) is 20.3 Å². The van der Waals surface area contributed by atoms with Crippen molar-refractivity contribution in [3.8, 4) is 11.8 Å². The molecule has 2 aromatic rings. The molecule has 0 bridgehead atoms. The Bertz CT molecular complexity index is 1910. The van der Waals surface area contributed by atoms with Crippen LogP contribution in [0.1, 0.15) is 58.8 Å². The highest BCUT2D eigenvalue weighted by Crippen LogP contribution is 2.48. The second-order valence-corrected chi connectivity index (χ2v) is 16.7. The fraction of sp³-hybridized carbons (Fsp3) is 0.571. The van der Waals surface area contributed by atoms with Gasteiger partial charge in [-0.15, -0.1) is 0 Å². The van der Waals surface area contributed by atoms with E-state index in [1.807, 2.05) is 17.7 Å². The van der Waals surface area contributed by atoms with Gasteiger partial charge in [0.15, 0.2) is 0 Å². The average Bonchev–Trinajstić information content (AvgIpc) is 3.99. The summed E-state index contributed by atoms with van der Waals surface area (Å²) in [5.41, 5.74) is -1.70. The largest absolute Gasteiger partial charge is 0.481 e. The van der Waals surface area contributed by atoms with Gasteiger partial charge < -0.3 is 30.1 Å². The molecule has 1 aromatic carbocycles. The number of allylic oxidation sites excluding steroid dienone is 1. The standard InChI is InChI=1S/C35H43F2N5O9S/c1-19-6-4-5-7-22-16-35(22,32(45)41-52(48,49)34(18-36)10-11-34)40-29(43)26-15-24(17-42(26)31(44)28(20(2)12-19)39-33(46)47)51-30-25-9-8-23(37)13-21(25)14-27(38-30)50-3/h5,7-9,13-14,19-20,22,24,26,28,39H,4,6,10-12,15-18H2,1-3H3,(H,40,43)(H,41,45)(H,46,47)/t19-,20+,22+,24+,26-,28-,35+/m0/s1. The molecule has 52 heavy (non-hydrogen) atoms. The van der Waals surface area contributed by atoms with E-state index >= 15 is 0 Å². The van der Waals surface area contributed by atoms with Crippen molar-refractivity contribution in [2.24, 2.45) is 17.8 Å². The number of amides is 4. The van der Waals surface area contributed by atoms with Crippen LogP contribution in [0.5, 0.6) is 11.8 Å². The summed E-state index contributed by atoms with van der Waals surface area (Å²) < 4.78 is 65.9. The van der Waals surface area contributed by atoms with Crippen LogP contribution in [0.2, 0.25) is 0 Å². The average molecular weight is 748 g/mol. The molecule has 1 aromatic heterocycles. The minimum absolute atomic E-state index is 0.0488. The van der Waals surface area contributed by atoms with Crippen LogP contribution < -0.4 is 24.8 Å². The molecule has 2 aliphatic carbocycles. The van der Waals surface area contributed by atoms with Gasteiger partial charge in [-0.25, -0.2) is 22.0 Å². The number of fused-ring (bicyclic) bond motifs is 3. The number of hydrogen-bond donors (Lipinski definition) is 4. The van der Waals surface area contributed by atoms with E-state index in [9.17, 15) is 41.5 Å². The summed E-state index contributed by atoms with van der Waals surface area (Å²) in [6.45, 7) is 2.39. The Morgan fingerprint density at radius 1 is 1.17 bits per heavy atom. The van der Waals surface area contributed by atoms with Gasteiger partial charge in [0.25, 0.3) is 5.91 Å². The van der Waals surface area contributed by atoms with Gasteiger partial charge in [0.2, 0.25) is 33.6 Å². The molecule has 4 N–H and O–H groups in total. The van der Waals surface area contributed by atoms with Gasteiger partial charge in [-0.1, -0.05) is 26.0 Å². The van der Waals surface area contributed by atoms with Crippen LogP contribution >= 0.6 is 0 Å². The molecule has 6 rings (SSSR count). The Morgan fingerprint density at radius 3 is 2.60 bits per heavy atom. The van der Waals surface area contributed by atoms with E-state index in [4.69, 9.17) is 9.47 Å². The van der Waals surface area contributed by atoms with Gasteiger partial charge in [-0.3, -0.25) is 19.1 Å². The number of benzene rings is 1. The number of methoxy groups -OCH3 is 1. The minimum atomic E-state index is -4.41. The molecule has 282 valence electrons. The van der Waals surface area contributed by atoms with Crippen molar-refractivity contribution < 1.29 is 51.0 Å². The zero-order valence-corrected chi connectivity index (χ0v) is 29.9. The molecule has 2 aliphatic heterocycles. The van der Waals surface area contributed by atoms with Crippen LogP contribution in [0.25, 0.3) is 10.8 Å². The first-order valence-corrected chi connectivity index (χ1v) is 18.8. The predicted molar refractivity (Wildman–Crippen MR) is 183 cm³/mol. The molecule has 0 radical (unpaired) electrons. The van der Waals surface area contributed by atoms with Gasteiger partial charge in [-0.05, 0) is 73.9 Å². The van der Waals surface area contributed by atoms with Crippen LogP contribution in [-0.4, -0.2) is 96.0 Å². The van der Waals surface area contributed by atoms with Crippen LogP contribution in [0, 0.1) is 23.6 Å². The number of nitrogens with zero attached hydrogens (tertiary/aromatic N) is 2. The molecule has 7 atom stereocenters. The number of rotatable bonds is 8. The summed E-state index contributed by atoms with van der Waals surface area (Å²) in [5, 5.41) is 15.7. The maximum atomic E-state index is 14.3. The van der Waals surface area contributed by atoms with E-state index in [-0.39, 0.29) is 49.9 Å². The molecule has 4 amide bonds. The lowest BCUT2D eigenvalue weighted by molar-refractivity contribution is -0.142. The quantitative estimate of drug-likeness (QED) is 0.292. The Morgan fingerprint density at radius 2 is 1.92 bits per heavy atom. The van der Waals surface area contributed by atoms with Crippen LogP contribution in [0.15, 0.2) is 36.4 Å². The molecule has 2 saturated carbocycles. The number of pyridine rings is 1. The molecule has 1 saturated heterocycles. The summed E-state index contributed by atoms with van der Waals surface area (Å²) in [6, 6.07) is 2.98. The van der Waals surface area contributed by atoms with Crippen molar-refractivity contribution in [3.63, 3.8) is 0 Å². The molecule has 17 heteroatoms. The molecule has 14 nitrogen and oxygen atoms in total. The minimum Gasteiger partial charge on any atom is -0.481 e. The van der Waals surface area contributed by atoms with Crippen LogP contribution in [-0.2, 0) is 24.4 Å². The Hall–Kier alpha value is -4.54. The Labute approximate surface area is 299 Å². The Kier molecular flexibility index (Phi) is 10.1. The first-order valence-electron chi connectivity index (χ1n) is 17.3. The fourth-order valence-corrected chi connectivity index (χ4v) is 8.84. The lowest BCUT2D eigenvalue weighted by Gasteiger charge is -2.32. The third-order valence-corrected chi connectivity index (χ3v) is 12.9. The second kappa shape index (κ2) is 14.1. The van der Waals surface area contributed by atoms with Crippen LogP contribution in [0.3, 0.4) is 0 Å². The number of hydrogen-bond acceptors (Lipinski definition) is 9. The van der Waals surface area contributed by atoms with Gasteiger partial charge >= 0.3 is 6.09 Å². The number of aromatic nitrogens is 1. The monoisotopic (exact) mass is 747 g/mol. The number of alkyl halides is 1. The van der Waals surface area contributed by atoms with Crippen molar-refractivity contribution in [2.45, 2.75) is 87.3 Å². The normalized spacial score (nSPS) is 30.2. The summed E-state index contributed by atoms with van der Waals surface area (Å²) in [5.74, 6) is -3.80. The lowest BCUT2D eigenvalue weighted by Crippen LogP contribution is -2.59. The number of sulfonamides is 1. The third-order valence-electron chi connectivity index (χ3n) is 10.8. The maximum absolute atomic E-state index is 14.3. The number of ether oxygens (including phenoxy) is 2. The van der Waals surface area contributed by atoms with Gasteiger partial charge in [0.1, 0.15) is 41.0 Å². The van der Waals surface area contributed by atoms with E-state index in [1.54, 1.807) is 13.0 Å². The number of carboxylic acid groups (broad SMARTS) is 1. The van der Waals surface area contributed by atoms with Gasteiger partial charge in [0, 0.05) is 23.8 Å². The zero-order chi connectivity index (χ0) is 37.6. The molecule has 0 unspecified atom stereocenters. The fourth-order valence-electron chi connectivity index (χ4n) is 7.41. The highest BCUT2D eigenvalue weighted by atomic mass is 32.2. The molecule has 4 aliphatic rings. The van der Waals surface area contributed by atoms with Gasteiger partial charge in [-0.2, -0.15) is 4.98 Å². The molecular weight excluding hydrogens is 704 g/mol. The van der Waals surface area contributed by atoms with E-state index < -0.39 is 86.6 Å². The number of carbonyl (C=O) groups excluding carboxylic acids is 3. The molecular formula is C35H43F2N5O9S. The zero-order valence-electron chi connectivity index (χ0n) is 29.1. The van der Waals surface area contributed by atoms with E-state index in [1.165, 1.54) is 36.3 Å². The molecule has 3 heterocycles. The van der Waals surface area contributed by atoms with Gasteiger partial charge in [0.05, 0.1) is 13.7 Å².